The number of benzene rings is 1. The van der Waals surface area contributed by atoms with Gasteiger partial charge in [0.25, 0.3) is 0 Å². The van der Waals surface area contributed by atoms with Gasteiger partial charge in [-0.1, -0.05) is 17.7 Å². The summed E-state index contributed by atoms with van der Waals surface area (Å²) in [7, 11) is 0. The Morgan fingerprint density at radius 1 is 1.42 bits per heavy atom. The van der Waals surface area contributed by atoms with Gasteiger partial charge >= 0.3 is 0 Å². The van der Waals surface area contributed by atoms with Gasteiger partial charge in [0.05, 0.1) is 6.26 Å². The van der Waals surface area contributed by atoms with Crippen LogP contribution < -0.4 is 4.74 Å². The fourth-order valence-corrected chi connectivity index (χ4v) is 1.11. The molecule has 0 saturated heterocycles. The van der Waals surface area contributed by atoms with Crippen LogP contribution in [-0.2, 0) is 0 Å². The predicted octanol–water partition coefficient (Wildman–Crippen LogP) is 3.56. The van der Waals surface area contributed by atoms with Gasteiger partial charge in [-0.2, -0.15) is 0 Å². The van der Waals surface area contributed by atoms with Crippen LogP contribution in [0.2, 0.25) is 5.02 Å². The summed E-state index contributed by atoms with van der Waals surface area (Å²) < 4.78 is 5.30. The maximum atomic E-state index is 5.78. The third kappa shape index (κ3) is 2.28. The molecule has 0 spiro atoms. The Bertz CT molecular complexity index is 292. The summed E-state index contributed by atoms with van der Waals surface area (Å²) in [6.45, 7) is 3.87. The highest BCUT2D eigenvalue weighted by Crippen LogP contribution is 2.21. The van der Waals surface area contributed by atoms with Crippen LogP contribution in [0.4, 0.5) is 0 Å². The lowest BCUT2D eigenvalue weighted by molar-refractivity contribution is 0.476. The lowest BCUT2D eigenvalue weighted by atomic mass is 10.2. The average molecular weight is 183 g/mol. The van der Waals surface area contributed by atoms with Crippen LogP contribution in [0.25, 0.3) is 0 Å². The molecule has 0 aromatic heterocycles. The number of allylic oxidation sites excluding steroid dienone is 1. The minimum absolute atomic E-state index is 0.736. The molecule has 1 aromatic rings. The van der Waals surface area contributed by atoms with E-state index in [9.17, 15) is 0 Å². The minimum atomic E-state index is 0.736. The number of hydrogen-bond donors (Lipinski definition) is 0. The molecule has 0 aliphatic carbocycles. The van der Waals surface area contributed by atoms with Crippen molar-refractivity contribution < 1.29 is 4.74 Å². The van der Waals surface area contributed by atoms with E-state index in [4.69, 9.17) is 16.3 Å². The minimum Gasteiger partial charge on any atom is -0.465 e. The van der Waals surface area contributed by atoms with Gasteiger partial charge in [0.15, 0.2) is 0 Å². The van der Waals surface area contributed by atoms with Crippen molar-refractivity contribution in [3.05, 3.63) is 41.1 Å². The number of hydrogen-bond acceptors (Lipinski definition) is 1. The molecular formula is C10H11ClO. The summed E-state index contributed by atoms with van der Waals surface area (Å²) in [5.74, 6) is 0.845. The first-order valence-corrected chi connectivity index (χ1v) is 4.16. The van der Waals surface area contributed by atoms with E-state index in [1.165, 1.54) is 0 Å². The van der Waals surface area contributed by atoms with Gasteiger partial charge in [-0.25, -0.2) is 0 Å². The monoisotopic (exact) mass is 182 g/mol. The van der Waals surface area contributed by atoms with Crippen LogP contribution in [0.15, 0.2) is 30.5 Å². The second-order valence-corrected chi connectivity index (χ2v) is 2.93. The normalized spacial score (nSPS) is 10.6. The van der Waals surface area contributed by atoms with E-state index in [-0.39, 0.29) is 0 Å². The average Bonchev–Trinajstić information content (AvgIpc) is 2.03. The van der Waals surface area contributed by atoms with Crippen LogP contribution in [0, 0.1) is 6.92 Å². The van der Waals surface area contributed by atoms with Gasteiger partial charge in [-0.3, -0.25) is 0 Å². The molecule has 0 radical (unpaired) electrons. The van der Waals surface area contributed by atoms with Crippen molar-refractivity contribution in [1.82, 2.24) is 0 Å². The Hall–Kier alpha value is -0.950. The summed E-state index contributed by atoms with van der Waals surface area (Å²) in [5.41, 5.74) is 1.04. The zero-order valence-corrected chi connectivity index (χ0v) is 7.93. The predicted molar refractivity (Wildman–Crippen MR) is 51.6 cm³/mol. The van der Waals surface area contributed by atoms with Crippen LogP contribution in [0.3, 0.4) is 0 Å². The summed E-state index contributed by atoms with van der Waals surface area (Å²) >= 11 is 5.78. The molecule has 0 aliphatic rings. The summed E-state index contributed by atoms with van der Waals surface area (Å²) in [4.78, 5) is 0. The van der Waals surface area contributed by atoms with Crippen molar-refractivity contribution in [2.45, 2.75) is 13.8 Å². The van der Waals surface area contributed by atoms with E-state index in [1.54, 1.807) is 6.26 Å². The zero-order chi connectivity index (χ0) is 8.97. The quantitative estimate of drug-likeness (QED) is 0.636. The van der Waals surface area contributed by atoms with Crippen LogP contribution >= 0.6 is 11.6 Å². The maximum Gasteiger partial charge on any atom is 0.129 e. The molecule has 0 bridgehead atoms. The summed E-state index contributed by atoms with van der Waals surface area (Å²) in [6.07, 6.45) is 3.49. The Balaban J connectivity index is 2.86. The van der Waals surface area contributed by atoms with Crippen LogP contribution in [0.5, 0.6) is 5.75 Å². The number of halogens is 1. The second-order valence-electron chi connectivity index (χ2n) is 2.50. The highest BCUT2D eigenvalue weighted by atomic mass is 35.5. The van der Waals surface area contributed by atoms with Gasteiger partial charge < -0.3 is 4.74 Å². The molecule has 0 heterocycles. The van der Waals surface area contributed by atoms with Crippen LogP contribution in [-0.4, -0.2) is 0 Å². The van der Waals surface area contributed by atoms with Crippen LogP contribution in [0.1, 0.15) is 12.5 Å². The van der Waals surface area contributed by atoms with Gasteiger partial charge in [0.2, 0.25) is 0 Å². The molecule has 12 heavy (non-hydrogen) atoms. The van der Waals surface area contributed by atoms with Crippen molar-refractivity contribution in [3.8, 4) is 5.75 Å². The number of rotatable bonds is 2. The first kappa shape index (κ1) is 9.14. The van der Waals surface area contributed by atoms with E-state index in [0.29, 0.717) is 0 Å². The highest BCUT2D eigenvalue weighted by molar-refractivity contribution is 6.30. The smallest absolute Gasteiger partial charge is 0.129 e. The third-order valence-corrected chi connectivity index (χ3v) is 1.70. The fourth-order valence-electron chi connectivity index (χ4n) is 0.886. The third-order valence-electron chi connectivity index (χ3n) is 1.47. The van der Waals surface area contributed by atoms with Crippen molar-refractivity contribution in [1.29, 1.82) is 0 Å². The van der Waals surface area contributed by atoms with Crippen molar-refractivity contribution in [2.24, 2.45) is 0 Å². The topological polar surface area (TPSA) is 9.23 Å². The second kappa shape index (κ2) is 4.17. The molecule has 0 aliphatic heterocycles. The Labute approximate surface area is 77.6 Å². The molecular weight excluding hydrogens is 172 g/mol. The van der Waals surface area contributed by atoms with E-state index >= 15 is 0 Å². The molecule has 0 saturated carbocycles. The Kier molecular flexibility index (Phi) is 3.18. The van der Waals surface area contributed by atoms with E-state index in [1.807, 2.05) is 38.1 Å². The molecule has 0 unspecified atom stereocenters. The van der Waals surface area contributed by atoms with Gasteiger partial charge in [-0.15, -0.1) is 0 Å². The van der Waals surface area contributed by atoms with E-state index in [2.05, 4.69) is 0 Å². The van der Waals surface area contributed by atoms with E-state index in [0.717, 1.165) is 16.3 Å². The lowest BCUT2D eigenvalue weighted by Gasteiger charge is -2.03. The van der Waals surface area contributed by atoms with Gasteiger partial charge in [0.1, 0.15) is 5.75 Å². The number of ether oxygens (including phenoxy) is 1. The molecule has 0 atom stereocenters. The molecule has 0 amide bonds. The Morgan fingerprint density at radius 2 is 2.17 bits per heavy atom. The summed E-state index contributed by atoms with van der Waals surface area (Å²) in [5, 5.41) is 0.736. The largest absolute Gasteiger partial charge is 0.465 e. The van der Waals surface area contributed by atoms with Crippen molar-refractivity contribution in [3.63, 3.8) is 0 Å². The fraction of sp³-hybridized carbons (Fsp3) is 0.200. The first-order valence-electron chi connectivity index (χ1n) is 3.78. The molecule has 2 heteroatoms. The standard InChI is InChI=1S/C10H11ClO/c1-3-6-12-10-5-4-9(11)7-8(10)2/h3-7H,1-2H3. The molecule has 64 valence electrons. The van der Waals surface area contributed by atoms with Crippen molar-refractivity contribution >= 4 is 11.6 Å². The van der Waals surface area contributed by atoms with E-state index < -0.39 is 0 Å². The molecule has 0 N–H and O–H groups in total. The molecule has 1 rings (SSSR count). The molecule has 1 nitrogen and oxygen atoms in total. The molecule has 1 aromatic carbocycles. The first-order chi connectivity index (χ1) is 5.74. The lowest BCUT2D eigenvalue weighted by Crippen LogP contribution is -1.84. The zero-order valence-electron chi connectivity index (χ0n) is 7.17. The summed E-state index contributed by atoms with van der Waals surface area (Å²) in [6, 6.07) is 5.55. The highest BCUT2D eigenvalue weighted by Gasteiger charge is 1.97. The van der Waals surface area contributed by atoms with Crippen molar-refractivity contribution in [2.75, 3.05) is 0 Å². The Morgan fingerprint density at radius 3 is 2.75 bits per heavy atom. The van der Waals surface area contributed by atoms with Gasteiger partial charge in [0, 0.05) is 5.02 Å². The number of aryl methyl sites for hydroxylation is 1. The molecule has 0 fully saturated rings. The SMILES string of the molecule is CC=COc1ccc(Cl)cc1C. The van der Waals surface area contributed by atoms with Gasteiger partial charge in [-0.05, 0) is 37.6 Å². The maximum absolute atomic E-state index is 5.78.